The summed E-state index contributed by atoms with van der Waals surface area (Å²) in [6.45, 7) is 11.2. The molecule has 6 rings (SSSR count). The van der Waals surface area contributed by atoms with Gasteiger partial charge in [0.25, 0.3) is 11.4 Å². The van der Waals surface area contributed by atoms with Crippen LogP contribution in [0.1, 0.15) is 61.8 Å². The zero-order valence-electron chi connectivity index (χ0n) is 35.6. The van der Waals surface area contributed by atoms with Gasteiger partial charge in [0.1, 0.15) is 0 Å². The van der Waals surface area contributed by atoms with Gasteiger partial charge in [-0.15, -0.1) is 0 Å². The topological polar surface area (TPSA) is 192 Å². The van der Waals surface area contributed by atoms with Crippen LogP contribution in [0, 0.1) is 20.2 Å². The lowest BCUT2D eigenvalue weighted by atomic mass is 9.89. The fourth-order valence-electron chi connectivity index (χ4n) is 7.92. The van der Waals surface area contributed by atoms with Crippen LogP contribution in [0.4, 0.5) is 11.4 Å². The normalized spacial score (nSPS) is 15.0. The van der Waals surface area contributed by atoms with Crippen LogP contribution in [-0.2, 0) is 19.2 Å². The number of hydrazine groups is 2. The van der Waals surface area contributed by atoms with Crippen molar-refractivity contribution in [1.82, 2.24) is 30.7 Å². The maximum Gasteiger partial charge on any atom is 0.291 e. The summed E-state index contributed by atoms with van der Waals surface area (Å²) in [5, 5.41) is 30.2. The van der Waals surface area contributed by atoms with Crippen molar-refractivity contribution in [3.8, 4) is 22.3 Å². The Hall–Kier alpha value is -6.69. The Bertz CT molecular complexity index is 2270. The van der Waals surface area contributed by atoms with Gasteiger partial charge in [0.2, 0.25) is 24.6 Å². The molecule has 2 fully saturated rings. The van der Waals surface area contributed by atoms with Gasteiger partial charge in [-0.05, 0) is 69.5 Å². The van der Waals surface area contributed by atoms with E-state index in [-0.39, 0.29) is 55.9 Å². The van der Waals surface area contributed by atoms with Gasteiger partial charge < -0.3 is 9.80 Å². The number of benzene rings is 4. The minimum Gasteiger partial charge on any atom is -0.336 e. The number of hydrogen-bond donors (Lipinski definition) is 2. The maximum atomic E-state index is 13.4. The van der Waals surface area contributed by atoms with E-state index < -0.39 is 9.85 Å². The molecule has 17 heteroatoms. The minimum atomic E-state index is -0.481. The number of piperazine rings is 2. The molecule has 0 atom stereocenters. The molecule has 2 aliphatic rings. The van der Waals surface area contributed by atoms with Gasteiger partial charge in [-0.1, -0.05) is 100 Å². The molecule has 63 heavy (non-hydrogen) atoms. The van der Waals surface area contributed by atoms with E-state index in [0.29, 0.717) is 87.4 Å². The summed E-state index contributed by atoms with van der Waals surface area (Å²) in [7, 11) is 0. The zero-order valence-corrected chi connectivity index (χ0v) is 36.4. The second-order valence-electron chi connectivity index (χ2n) is 15.6. The standard InChI is InChI=1S/C46H50N8O8S/c1-31(2)35-9-5-7-11-37(35)43-33(15-19-41(57)49-21-25-51(26-22-49)47-29-55)13-17-39(45(43)53(59)60)63-40-18-14-34(16-20-42(58)50-23-27-52(28-24-50)48-30-56)44(46(40)54(61)62)38-12-8-6-10-36(38)32(3)4/h5-20,29-32H,21-28H2,1-4H3,(H,47,55)(H,48,56). The molecule has 2 saturated heterocycles. The lowest BCUT2D eigenvalue weighted by molar-refractivity contribution is -0.387. The molecule has 2 N–H and O–H groups in total. The summed E-state index contributed by atoms with van der Waals surface area (Å²) in [5.74, 6) is -0.652. The zero-order chi connectivity index (χ0) is 45.2. The van der Waals surface area contributed by atoms with Gasteiger partial charge in [0, 0.05) is 64.5 Å². The number of carbonyl (C=O) groups is 4. The SMILES string of the molecule is CC(C)c1ccccc1-c1c(C=CC(=O)N2CCN(NC=O)CC2)ccc(Sc2ccc(C=CC(=O)N3CCN(NC=O)CC3)c(-c3ccccc3C(C)C)c2[N+](=O)[O-])c1[N+](=O)[O-]. The Morgan fingerprint density at radius 3 is 1.29 bits per heavy atom. The average molecular weight is 875 g/mol. The van der Waals surface area contributed by atoms with Gasteiger partial charge in [-0.25, -0.2) is 10.0 Å². The van der Waals surface area contributed by atoms with Gasteiger partial charge in [0.15, 0.2) is 0 Å². The molecule has 2 aliphatic heterocycles. The Kier molecular flexibility index (Phi) is 15.2. The second-order valence-corrected chi connectivity index (χ2v) is 16.7. The molecule has 0 saturated carbocycles. The average Bonchev–Trinajstić information content (AvgIpc) is 3.28. The highest BCUT2D eigenvalue weighted by molar-refractivity contribution is 7.99. The van der Waals surface area contributed by atoms with E-state index in [9.17, 15) is 39.4 Å². The Labute approximate surface area is 369 Å². The van der Waals surface area contributed by atoms with Crippen LogP contribution in [0.3, 0.4) is 0 Å². The molecule has 16 nitrogen and oxygen atoms in total. The third-order valence-electron chi connectivity index (χ3n) is 11.1. The van der Waals surface area contributed by atoms with Crippen molar-refractivity contribution in [3.05, 3.63) is 127 Å². The largest absolute Gasteiger partial charge is 0.336 e. The Morgan fingerprint density at radius 2 is 0.952 bits per heavy atom. The molecule has 4 amide bonds. The highest BCUT2D eigenvalue weighted by Gasteiger charge is 2.32. The highest BCUT2D eigenvalue weighted by Crippen LogP contribution is 2.50. The maximum absolute atomic E-state index is 13.4. The smallest absolute Gasteiger partial charge is 0.291 e. The van der Waals surface area contributed by atoms with Gasteiger partial charge in [0.05, 0.1) is 30.8 Å². The highest BCUT2D eigenvalue weighted by atomic mass is 32.2. The third-order valence-corrected chi connectivity index (χ3v) is 12.2. The lowest BCUT2D eigenvalue weighted by Crippen LogP contribution is -2.52. The van der Waals surface area contributed by atoms with Crippen LogP contribution >= 0.6 is 11.8 Å². The number of amides is 4. The molecule has 0 unspecified atom stereocenters. The molecule has 0 aliphatic carbocycles. The molecule has 2 heterocycles. The van der Waals surface area contributed by atoms with Gasteiger partial charge in [-0.2, -0.15) is 0 Å². The van der Waals surface area contributed by atoms with Crippen molar-refractivity contribution < 1.29 is 29.0 Å². The van der Waals surface area contributed by atoms with Crippen LogP contribution < -0.4 is 10.9 Å². The predicted octanol–water partition coefficient (Wildman–Crippen LogP) is 6.87. The van der Waals surface area contributed by atoms with Crippen molar-refractivity contribution in [1.29, 1.82) is 0 Å². The van der Waals surface area contributed by atoms with Crippen LogP contribution in [0.25, 0.3) is 34.4 Å². The number of nitro benzene ring substituents is 2. The van der Waals surface area contributed by atoms with Crippen molar-refractivity contribution in [2.24, 2.45) is 0 Å². The number of hydrogen-bond acceptors (Lipinski definition) is 11. The van der Waals surface area contributed by atoms with Crippen LogP contribution in [0.5, 0.6) is 0 Å². The quantitative estimate of drug-likeness (QED) is 0.0517. The first-order valence-electron chi connectivity index (χ1n) is 20.7. The van der Waals surface area contributed by atoms with E-state index in [0.717, 1.165) is 22.9 Å². The fourth-order valence-corrected chi connectivity index (χ4v) is 8.97. The van der Waals surface area contributed by atoms with Crippen LogP contribution in [0.15, 0.2) is 94.7 Å². The molecule has 4 aromatic carbocycles. The first-order chi connectivity index (χ1) is 30.3. The van der Waals surface area contributed by atoms with E-state index in [4.69, 9.17) is 0 Å². The lowest BCUT2D eigenvalue weighted by Gasteiger charge is -2.33. The van der Waals surface area contributed by atoms with E-state index in [1.165, 1.54) is 12.2 Å². The van der Waals surface area contributed by atoms with E-state index in [1.54, 1.807) is 80.5 Å². The molecule has 4 aromatic rings. The molecule has 0 spiro atoms. The molecule has 328 valence electrons. The first-order valence-corrected chi connectivity index (χ1v) is 21.5. The predicted molar refractivity (Wildman–Crippen MR) is 242 cm³/mol. The summed E-state index contributed by atoms with van der Waals surface area (Å²) in [6.07, 6.45) is 7.10. The van der Waals surface area contributed by atoms with E-state index in [2.05, 4.69) is 10.9 Å². The Morgan fingerprint density at radius 1 is 0.587 bits per heavy atom. The summed E-state index contributed by atoms with van der Waals surface area (Å²) in [5.41, 5.74) is 8.90. The summed E-state index contributed by atoms with van der Waals surface area (Å²) >= 11 is 0.911. The monoisotopic (exact) mass is 874 g/mol. The Balaban J connectivity index is 1.47. The van der Waals surface area contributed by atoms with Crippen LogP contribution in [0.2, 0.25) is 0 Å². The van der Waals surface area contributed by atoms with E-state index in [1.807, 2.05) is 52.0 Å². The summed E-state index contributed by atoms with van der Waals surface area (Å²) in [4.78, 5) is 78.0. The van der Waals surface area contributed by atoms with Crippen molar-refractivity contribution >= 4 is 59.9 Å². The fraction of sp³-hybridized carbons (Fsp3) is 0.304. The van der Waals surface area contributed by atoms with Crippen molar-refractivity contribution in [2.45, 2.75) is 49.3 Å². The second kappa shape index (κ2) is 20.9. The summed E-state index contributed by atoms with van der Waals surface area (Å²) in [6, 6.07) is 21.2. The van der Waals surface area contributed by atoms with Gasteiger partial charge >= 0.3 is 0 Å². The van der Waals surface area contributed by atoms with Gasteiger partial charge in [-0.3, -0.25) is 50.3 Å². The first kappa shape index (κ1) is 45.8. The molecular formula is C46H50N8O8S. The number of carbonyl (C=O) groups excluding carboxylic acids is 4. The van der Waals surface area contributed by atoms with Crippen molar-refractivity contribution in [3.63, 3.8) is 0 Å². The minimum absolute atomic E-state index is 0.0342. The molecule has 0 bridgehead atoms. The molecular weight excluding hydrogens is 825 g/mol. The molecule has 0 aromatic heterocycles. The summed E-state index contributed by atoms with van der Waals surface area (Å²) < 4.78 is 0. The third kappa shape index (κ3) is 10.7. The number of nitrogens with zero attached hydrogens (tertiary/aromatic N) is 6. The number of rotatable bonds is 16. The number of nitro groups is 2. The number of nitrogens with one attached hydrogen (secondary N) is 2. The van der Waals surface area contributed by atoms with Crippen LogP contribution in [-0.4, -0.2) is 107 Å². The molecule has 0 radical (unpaired) electrons. The van der Waals surface area contributed by atoms with E-state index >= 15 is 0 Å². The van der Waals surface area contributed by atoms with Crippen molar-refractivity contribution in [2.75, 3.05) is 52.4 Å².